The number of para-hydroxylation sites is 1. The molecule has 1 unspecified atom stereocenters. The average Bonchev–Trinajstić information content (AvgIpc) is 2.82. The van der Waals surface area contributed by atoms with Crippen LogP contribution in [0.25, 0.3) is 0 Å². The summed E-state index contributed by atoms with van der Waals surface area (Å²) in [6, 6.07) is 23.6. The van der Waals surface area contributed by atoms with E-state index in [0.29, 0.717) is 35.0 Å². The highest BCUT2D eigenvalue weighted by molar-refractivity contribution is 5.91. The Labute approximate surface area is 186 Å². The number of rotatable bonds is 6. The van der Waals surface area contributed by atoms with Gasteiger partial charge < -0.3 is 19.9 Å². The molecule has 4 rings (SSSR count). The fraction of sp³-hybridized carbons (Fsp3) is 0.154. The molecule has 6 nitrogen and oxygen atoms in total. The largest absolute Gasteiger partial charge is 0.493 e. The molecule has 0 aromatic heterocycles. The van der Waals surface area contributed by atoms with Gasteiger partial charge in [0.05, 0.1) is 18.1 Å². The van der Waals surface area contributed by atoms with Crippen LogP contribution in [0.15, 0.2) is 84.3 Å². The number of nitrogens with zero attached hydrogens (tertiary/aromatic N) is 1. The maximum Gasteiger partial charge on any atom is 0.343 e. The molecule has 6 heteroatoms. The highest BCUT2D eigenvalue weighted by Crippen LogP contribution is 2.45. The molecule has 0 radical (unpaired) electrons. The zero-order chi connectivity index (χ0) is 22.5. The number of hydrogen-bond donors (Lipinski definition) is 1. The third-order valence-corrected chi connectivity index (χ3v) is 5.10. The number of fused-ring (bicyclic) bond motifs is 1. The summed E-state index contributed by atoms with van der Waals surface area (Å²) in [6.45, 7) is 2.59. The van der Waals surface area contributed by atoms with Crippen molar-refractivity contribution in [3.63, 3.8) is 0 Å². The Morgan fingerprint density at radius 3 is 2.56 bits per heavy atom. The Balaban J connectivity index is 1.72. The number of carbonyl (C=O) groups excluding carboxylic acids is 1. The highest BCUT2D eigenvalue weighted by Gasteiger charge is 2.33. The molecular formula is C26H22N2O4. The normalized spacial score (nSPS) is 14.7. The highest BCUT2D eigenvalue weighted by atomic mass is 16.5. The van der Waals surface area contributed by atoms with Crippen LogP contribution in [0.3, 0.4) is 0 Å². The molecule has 1 heterocycles. The number of benzene rings is 3. The van der Waals surface area contributed by atoms with Crippen molar-refractivity contribution in [3.05, 3.63) is 101 Å². The summed E-state index contributed by atoms with van der Waals surface area (Å²) in [5.74, 6) is 0.512. The number of nitrogens with two attached hydrogens (primary N) is 1. The minimum absolute atomic E-state index is 0.0156. The summed E-state index contributed by atoms with van der Waals surface area (Å²) in [5.41, 5.74) is 8.41. The second-order valence-electron chi connectivity index (χ2n) is 7.27. The van der Waals surface area contributed by atoms with E-state index in [1.165, 1.54) is 0 Å². The van der Waals surface area contributed by atoms with E-state index in [1.54, 1.807) is 42.5 Å². The second kappa shape index (κ2) is 9.27. The first-order valence-corrected chi connectivity index (χ1v) is 10.3. The molecule has 2 N–H and O–H groups in total. The van der Waals surface area contributed by atoms with Crippen molar-refractivity contribution < 1.29 is 19.0 Å². The van der Waals surface area contributed by atoms with Gasteiger partial charge in [-0.3, -0.25) is 0 Å². The number of carbonyl (C=O) groups is 1. The first-order chi connectivity index (χ1) is 15.6. The van der Waals surface area contributed by atoms with Crippen LogP contribution in [0.2, 0.25) is 0 Å². The van der Waals surface area contributed by atoms with E-state index in [-0.39, 0.29) is 5.88 Å². The third kappa shape index (κ3) is 4.14. The van der Waals surface area contributed by atoms with Crippen molar-refractivity contribution in [2.45, 2.75) is 19.3 Å². The Morgan fingerprint density at radius 1 is 1.06 bits per heavy atom. The van der Waals surface area contributed by atoms with Crippen molar-refractivity contribution >= 4 is 5.97 Å². The minimum atomic E-state index is -0.475. The van der Waals surface area contributed by atoms with Crippen LogP contribution in [0.1, 0.15) is 40.7 Å². The minimum Gasteiger partial charge on any atom is -0.493 e. The lowest BCUT2D eigenvalue weighted by atomic mass is 9.83. The van der Waals surface area contributed by atoms with Gasteiger partial charge in [-0.05, 0) is 30.7 Å². The number of ether oxygens (including phenoxy) is 3. The lowest BCUT2D eigenvalue weighted by Crippen LogP contribution is -2.21. The maximum atomic E-state index is 12.4. The van der Waals surface area contributed by atoms with Crippen molar-refractivity contribution in [2.24, 2.45) is 5.73 Å². The van der Waals surface area contributed by atoms with E-state index in [9.17, 15) is 10.1 Å². The lowest BCUT2D eigenvalue weighted by Gasteiger charge is -2.28. The van der Waals surface area contributed by atoms with Crippen molar-refractivity contribution in [1.82, 2.24) is 0 Å². The first-order valence-electron chi connectivity index (χ1n) is 10.3. The summed E-state index contributed by atoms with van der Waals surface area (Å²) in [4.78, 5) is 12.4. The molecule has 0 bridgehead atoms. The van der Waals surface area contributed by atoms with E-state index in [1.807, 2.05) is 37.3 Å². The third-order valence-electron chi connectivity index (χ3n) is 5.10. The van der Waals surface area contributed by atoms with Gasteiger partial charge in [-0.2, -0.15) is 5.26 Å². The van der Waals surface area contributed by atoms with Crippen LogP contribution >= 0.6 is 0 Å². The molecule has 0 amide bonds. The van der Waals surface area contributed by atoms with Crippen LogP contribution in [0.5, 0.6) is 17.2 Å². The zero-order valence-corrected chi connectivity index (χ0v) is 17.6. The Hall–Kier alpha value is -4.24. The molecule has 3 aromatic carbocycles. The molecule has 0 spiro atoms. The van der Waals surface area contributed by atoms with Gasteiger partial charge in [-0.25, -0.2) is 4.79 Å². The topological polar surface area (TPSA) is 94.6 Å². The Bertz CT molecular complexity index is 1210. The molecular weight excluding hydrogens is 404 g/mol. The number of allylic oxidation sites excluding steroid dienone is 1. The van der Waals surface area contributed by atoms with Gasteiger partial charge >= 0.3 is 5.97 Å². The summed E-state index contributed by atoms with van der Waals surface area (Å²) >= 11 is 0. The number of nitriles is 1. The van der Waals surface area contributed by atoms with Gasteiger partial charge in [0, 0.05) is 17.2 Å². The van der Waals surface area contributed by atoms with Crippen molar-refractivity contribution in [1.29, 1.82) is 5.26 Å². The number of esters is 1. The van der Waals surface area contributed by atoms with Crippen LogP contribution in [-0.2, 0) is 0 Å². The van der Waals surface area contributed by atoms with Crippen molar-refractivity contribution in [3.8, 4) is 23.3 Å². The Kier molecular flexibility index (Phi) is 6.09. The van der Waals surface area contributed by atoms with Gasteiger partial charge in [-0.1, -0.05) is 49.4 Å². The first kappa shape index (κ1) is 21.0. The quantitative estimate of drug-likeness (QED) is 0.444. The second-order valence-corrected chi connectivity index (χ2v) is 7.27. The molecule has 0 saturated heterocycles. The summed E-state index contributed by atoms with van der Waals surface area (Å²) in [5, 5.41) is 9.81. The van der Waals surface area contributed by atoms with E-state index in [0.717, 1.165) is 17.5 Å². The SMILES string of the molecule is CCCOc1ccccc1C1C(C#N)=C(N)Oc2cc(OC(=O)c3ccccc3)ccc21. The summed E-state index contributed by atoms with van der Waals surface area (Å²) < 4.78 is 17.2. The molecule has 1 aliphatic heterocycles. The van der Waals surface area contributed by atoms with E-state index < -0.39 is 11.9 Å². The van der Waals surface area contributed by atoms with Gasteiger partial charge in [0.1, 0.15) is 28.9 Å². The smallest absolute Gasteiger partial charge is 0.343 e. The predicted molar refractivity (Wildman–Crippen MR) is 119 cm³/mol. The molecule has 1 aliphatic rings. The molecule has 32 heavy (non-hydrogen) atoms. The van der Waals surface area contributed by atoms with Gasteiger partial charge in [0.25, 0.3) is 0 Å². The van der Waals surface area contributed by atoms with Crippen LogP contribution < -0.4 is 19.9 Å². The van der Waals surface area contributed by atoms with Crippen LogP contribution in [0, 0.1) is 11.3 Å². The zero-order valence-electron chi connectivity index (χ0n) is 17.6. The Morgan fingerprint density at radius 2 is 1.81 bits per heavy atom. The van der Waals surface area contributed by atoms with Crippen molar-refractivity contribution in [2.75, 3.05) is 6.61 Å². The van der Waals surface area contributed by atoms with E-state index in [2.05, 4.69) is 6.07 Å². The molecule has 1 atom stereocenters. The molecule has 0 fully saturated rings. The lowest BCUT2D eigenvalue weighted by molar-refractivity contribution is 0.0734. The van der Waals surface area contributed by atoms with E-state index in [4.69, 9.17) is 19.9 Å². The average molecular weight is 426 g/mol. The van der Waals surface area contributed by atoms with Gasteiger partial charge in [0.2, 0.25) is 5.88 Å². The van der Waals surface area contributed by atoms with Crippen LogP contribution in [-0.4, -0.2) is 12.6 Å². The van der Waals surface area contributed by atoms with Gasteiger partial charge in [-0.15, -0.1) is 0 Å². The van der Waals surface area contributed by atoms with E-state index >= 15 is 0 Å². The van der Waals surface area contributed by atoms with Crippen LogP contribution in [0.4, 0.5) is 0 Å². The molecule has 0 aliphatic carbocycles. The summed E-state index contributed by atoms with van der Waals surface area (Å²) in [6.07, 6.45) is 0.859. The summed E-state index contributed by atoms with van der Waals surface area (Å²) in [7, 11) is 0. The fourth-order valence-corrected chi connectivity index (χ4v) is 3.62. The molecule has 0 saturated carbocycles. The standard InChI is InChI=1S/C26H22N2O4/c1-2-14-30-22-11-7-6-10-19(22)24-20-13-12-18(15-23(20)32-25(28)21(24)16-27)31-26(29)17-8-4-3-5-9-17/h3-13,15,24H,2,14,28H2,1H3. The van der Waals surface area contributed by atoms with Gasteiger partial charge in [0.15, 0.2) is 0 Å². The maximum absolute atomic E-state index is 12.4. The number of hydrogen-bond acceptors (Lipinski definition) is 6. The monoisotopic (exact) mass is 426 g/mol. The predicted octanol–water partition coefficient (Wildman–Crippen LogP) is 4.91. The molecule has 160 valence electrons. The fourth-order valence-electron chi connectivity index (χ4n) is 3.62. The molecule has 3 aromatic rings.